The van der Waals surface area contributed by atoms with E-state index in [0.717, 1.165) is 18.8 Å². The third-order valence-electron chi connectivity index (χ3n) is 4.90. The molecule has 3 unspecified atom stereocenters. The standard InChI is InChI=1S/C15H32N2O2S/c1-13-8-6-10-15(12-13,17(3)4)14(16-2)9-7-11-20(5,18)19/h13-14,16H,6-12H2,1-5H3. The Bertz CT molecular complexity index is 395. The van der Waals surface area contributed by atoms with Gasteiger partial charge in [0, 0.05) is 23.6 Å². The molecule has 0 saturated heterocycles. The first kappa shape index (κ1) is 17.9. The molecule has 20 heavy (non-hydrogen) atoms. The van der Waals surface area contributed by atoms with E-state index < -0.39 is 9.84 Å². The van der Waals surface area contributed by atoms with Crippen molar-refractivity contribution in [2.24, 2.45) is 5.92 Å². The van der Waals surface area contributed by atoms with Crippen LogP contribution in [0.5, 0.6) is 0 Å². The second-order valence-corrected chi connectivity index (χ2v) is 9.07. The Morgan fingerprint density at radius 2 is 2.05 bits per heavy atom. The van der Waals surface area contributed by atoms with Gasteiger partial charge in [0.2, 0.25) is 0 Å². The minimum absolute atomic E-state index is 0.171. The van der Waals surface area contributed by atoms with Crippen molar-refractivity contribution in [3.05, 3.63) is 0 Å². The van der Waals surface area contributed by atoms with Gasteiger partial charge in [-0.15, -0.1) is 0 Å². The molecule has 0 aromatic heterocycles. The summed E-state index contributed by atoms with van der Waals surface area (Å²) in [6.07, 6.45) is 7.98. The lowest BCUT2D eigenvalue weighted by Crippen LogP contribution is -2.60. The molecule has 1 saturated carbocycles. The minimum atomic E-state index is -2.85. The van der Waals surface area contributed by atoms with E-state index in [2.05, 4.69) is 31.2 Å². The molecule has 120 valence electrons. The Hall–Kier alpha value is -0.130. The van der Waals surface area contributed by atoms with E-state index in [1.165, 1.54) is 31.9 Å². The number of nitrogens with zero attached hydrogens (tertiary/aromatic N) is 1. The molecule has 1 rings (SSSR count). The van der Waals surface area contributed by atoms with Gasteiger partial charge in [0.05, 0.1) is 0 Å². The quantitative estimate of drug-likeness (QED) is 0.780. The lowest BCUT2D eigenvalue weighted by molar-refractivity contribution is 0.0367. The first-order valence-electron chi connectivity index (χ1n) is 7.73. The molecule has 1 aliphatic carbocycles. The molecular weight excluding hydrogens is 272 g/mol. The third kappa shape index (κ3) is 4.71. The fraction of sp³-hybridized carbons (Fsp3) is 1.00. The molecule has 3 atom stereocenters. The first-order valence-corrected chi connectivity index (χ1v) is 9.80. The maximum atomic E-state index is 11.3. The first-order chi connectivity index (χ1) is 9.21. The van der Waals surface area contributed by atoms with Crippen LogP contribution in [0, 0.1) is 5.92 Å². The summed E-state index contributed by atoms with van der Waals surface area (Å²) in [5, 5.41) is 3.46. The van der Waals surface area contributed by atoms with Gasteiger partial charge in [0.1, 0.15) is 9.84 Å². The lowest BCUT2D eigenvalue weighted by atomic mass is 9.70. The monoisotopic (exact) mass is 304 g/mol. The number of rotatable bonds is 7. The fourth-order valence-electron chi connectivity index (χ4n) is 3.83. The van der Waals surface area contributed by atoms with Crippen molar-refractivity contribution in [1.29, 1.82) is 0 Å². The van der Waals surface area contributed by atoms with Crippen molar-refractivity contribution in [1.82, 2.24) is 10.2 Å². The number of likely N-dealkylation sites (N-methyl/N-ethyl adjacent to an activating group) is 2. The fourth-order valence-corrected chi connectivity index (χ4v) is 4.52. The van der Waals surface area contributed by atoms with Gasteiger partial charge < -0.3 is 10.2 Å². The summed E-state index contributed by atoms with van der Waals surface area (Å²) in [5.74, 6) is 1.04. The summed E-state index contributed by atoms with van der Waals surface area (Å²) < 4.78 is 22.6. The van der Waals surface area contributed by atoms with Crippen molar-refractivity contribution in [3.8, 4) is 0 Å². The van der Waals surface area contributed by atoms with Crippen LogP contribution in [0.3, 0.4) is 0 Å². The summed E-state index contributed by atoms with van der Waals surface area (Å²) in [5.41, 5.74) is 0.171. The summed E-state index contributed by atoms with van der Waals surface area (Å²) in [6.45, 7) is 2.33. The average molecular weight is 305 g/mol. The summed E-state index contributed by atoms with van der Waals surface area (Å²) >= 11 is 0. The van der Waals surface area contributed by atoms with Gasteiger partial charge in [-0.25, -0.2) is 8.42 Å². The molecule has 0 aliphatic heterocycles. The summed E-state index contributed by atoms with van der Waals surface area (Å²) in [6, 6.07) is 0.363. The second kappa shape index (κ2) is 7.23. The number of hydrogen-bond donors (Lipinski definition) is 1. The number of nitrogens with one attached hydrogen (secondary N) is 1. The van der Waals surface area contributed by atoms with Crippen LogP contribution in [0.25, 0.3) is 0 Å². The molecule has 0 radical (unpaired) electrons. The van der Waals surface area contributed by atoms with Gasteiger partial charge in [-0.05, 0) is 52.7 Å². The molecule has 0 aromatic carbocycles. The molecule has 1 fully saturated rings. The number of sulfone groups is 1. The van der Waals surface area contributed by atoms with Gasteiger partial charge >= 0.3 is 0 Å². The molecule has 0 spiro atoms. The highest BCUT2D eigenvalue weighted by molar-refractivity contribution is 7.90. The Morgan fingerprint density at radius 1 is 1.40 bits per heavy atom. The van der Waals surface area contributed by atoms with Crippen LogP contribution < -0.4 is 5.32 Å². The van der Waals surface area contributed by atoms with E-state index in [4.69, 9.17) is 0 Å². The highest BCUT2D eigenvalue weighted by Gasteiger charge is 2.42. The van der Waals surface area contributed by atoms with Crippen LogP contribution in [0.2, 0.25) is 0 Å². The maximum Gasteiger partial charge on any atom is 0.147 e. The zero-order valence-corrected chi connectivity index (χ0v) is 14.6. The molecule has 1 N–H and O–H groups in total. The van der Waals surface area contributed by atoms with Crippen LogP contribution in [-0.4, -0.2) is 58.1 Å². The molecule has 0 amide bonds. The predicted octanol–water partition coefficient (Wildman–Crippen LogP) is 1.91. The van der Waals surface area contributed by atoms with Crippen LogP contribution in [0.15, 0.2) is 0 Å². The molecule has 0 bridgehead atoms. The Balaban J connectivity index is 2.76. The van der Waals surface area contributed by atoms with E-state index in [1.54, 1.807) is 0 Å². The van der Waals surface area contributed by atoms with Crippen LogP contribution in [0.4, 0.5) is 0 Å². The topological polar surface area (TPSA) is 49.4 Å². The Kier molecular flexibility index (Phi) is 6.48. The minimum Gasteiger partial charge on any atom is -0.315 e. The molecule has 0 aromatic rings. The van der Waals surface area contributed by atoms with E-state index in [9.17, 15) is 8.42 Å². The number of hydrogen-bond acceptors (Lipinski definition) is 4. The van der Waals surface area contributed by atoms with Gasteiger partial charge in [-0.1, -0.05) is 19.8 Å². The van der Waals surface area contributed by atoms with Gasteiger partial charge in [0.15, 0.2) is 0 Å². The Morgan fingerprint density at radius 3 is 2.50 bits per heavy atom. The Labute approximate surface area is 125 Å². The van der Waals surface area contributed by atoms with Crippen molar-refractivity contribution >= 4 is 9.84 Å². The predicted molar refractivity (Wildman–Crippen MR) is 85.8 cm³/mol. The van der Waals surface area contributed by atoms with Gasteiger partial charge in [0.25, 0.3) is 0 Å². The molecular formula is C15H32N2O2S. The summed E-state index contributed by atoms with van der Waals surface area (Å²) in [4.78, 5) is 2.37. The second-order valence-electron chi connectivity index (χ2n) is 6.81. The largest absolute Gasteiger partial charge is 0.315 e. The van der Waals surface area contributed by atoms with Crippen LogP contribution in [-0.2, 0) is 9.84 Å². The SMILES string of the molecule is CNC(CCCS(C)(=O)=O)C1(N(C)C)CCCC(C)C1. The zero-order valence-electron chi connectivity index (χ0n) is 13.8. The zero-order chi connectivity index (χ0) is 15.4. The smallest absolute Gasteiger partial charge is 0.147 e. The molecule has 4 nitrogen and oxygen atoms in total. The summed E-state index contributed by atoms with van der Waals surface area (Å²) in [7, 11) is 3.49. The molecule has 1 aliphatic rings. The van der Waals surface area contributed by atoms with E-state index in [0.29, 0.717) is 11.8 Å². The van der Waals surface area contributed by atoms with Crippen molar-refractivity contribution < 1.29 is 8.42 Å². The third-order valence-corrected chi connectivity index (χ3v) is 5.93. The van der Waals surface area contributed by atoms with Crippen LogP contribution >= 0.6 is 0 Å². The van der Waals surface area contributed by atoms with Crippen molar-refractivity contribution in [2.45, 2.75) is 57.0 Å². The van der Waals surface area contributed by atoms with Gasteiger partial charge in [-0.3, -0.25) is 0 Å². The molecule has 5 heteroatoms. The highest BCUT2D eigenvalue weighted by Crippen LogP contribution is 2.39. The van der Waals surface area contributed by atoms with E-state index in [1.807, 2.05) is 7.05 Å². The van der Waals surface area contributed by atoms with Crippen molar-refractivity contribution in [2.75, 3.05) is 33.2 Å². The average Bonchev–Trinajstić information content (AvgIpc) is 2.33. The highest BCUT2D eigenvalue weighted by atomic mass is 32.2. The maximum absolute atomic E-state index is 11.3. The molecule has 0 heterocycles. The van der Waals surface area contributed by atoms with E-state index >= 15 is 0 Å². The van der Waals surface area contributed by atoms with Crippen molar-refractivity contribution in [3.63, 3.8) is 0 Å². The van der Waals surface area contributed by atoms with E-state index in [-0.39, 0.29) is 5.54 Å². The van der Waals surface area contributed by atoms with Gasteiger partial charge in [-0.2, -0.15) is 0 Å². The normalized spacial score (nSPS) is 29.6. The lowest BCUT2D eigenvalue weighted by Gasteiger charge is -2.50. The van der Waals surface area contributed by atoms with Crippen LogP contribution in [0.1, 0.15) is 45.4 Å².